The van der Waals surface area contributed by atoms with E-state index in [1.54, 1.807) is 0 Å². The number of hydrogen-bond donors (Lipinski definition) is 2. The van der Waals surface area contributed by atoms with Gasteiger partial charge in [0.2, 0.25) is 0 Å². The Kier molecular flexibility index (Phi) is 1.80. The smallest absolute Gasteiger partial charge is 0.339 e. The van der Waals surface area contributed by atoms with Gasteiger partial charge in [0.25, 0.3) is 5.56 Å². The summed E-state index contributed by atoms with van der Waals surface area (Å²) in [5.74, 6) is -1.06. The van der Waals surface area contributed by atoms with Gasteiger partial charge in [-0.3, -0.25) is 4.79 Å². The van der Waals surface area contributed by atoms with Gasteiger partial charge in [-0.2, -0.15) is 0 Å². The molecule has 0 fully saturated rings. The van der Waals surface area contributed by atoms with Gasteiger partial charge >= 0.3 is 5.97 Å². The molecule has 0 saturated carbocycles. The molecule has 0 aliphatic carbocycles. The van der Waals surface area contributed by atoms with Gasteiger partial charge in [-0.15, -0.1) is 0 Å². The first-order valence-electron chi connectivity index (χ1n) is 4.36. The van der Waals surface area contributed by atoms with Crippen LogP contribution >= 0.6 is 0 Å². The number of carbonyl (C=O) groups is 1. The van der Waals surface area contributed by atoms with Gasteiger partial charge in [0.05, 0.1) is 5.69 Å². The minimum absolute atomic E-state index is 0.0654. The van der Waals surface area contributed by atoms with Crippen LogP contribution in [0.3, 0.4) is 0 Å². The van der Waals surface area contributed by atoms with Crippen molar-refractivity contribution in [1.82, 2.24) is 4.57 Å². The van der Waals surface area contributed by atoms with E-state index >= 15 is 0 Å². The minimum atomic E-state index is -1.06. The molecule has 5 nitrogen and oxygen atoms in total. The van der Waals surface area contributed by atoms with Crippen LogP contribution in [0.25, 0.3) is 0 Å². The number of carboxylic acids is 1. The topological polar surface area (TPSA) is 85.3 Å². The Morgan fingerprint density at radius 3 is 2.93 bits per heavy atom. The highest BCUT2D eigenvalue weighted by Crippen LogP contribution is 2.21. The Balaban J connectivity index is 2.78. The van der Waals surface area contributed by atoms with E-state index in [1.165, 1.54) is 10.6 Å². The molecule has 0 aromatic carbocycles. The molecule has 74 valence electrons. The van der Waals surface area contributed by atoms with E-state index in [0.29, 0.717) is 18.7 Å². The van der Waals surface area contributed by atoms with Crippen LogP contribution in [0, 0.1) is 0 Å². The summed E-state index contributed by atoms with van der Waals surface area (Å²) in [5.41, 5.74) is 6.00. The number of nitrogens with two attached hydrogens (primary N) is 1. The average Bonchev–Trinajstić information content (AvgIpc) is 2.51. The Labute approximate surface area is 79.8 Å². The maximum Gasteiger partial charge on any atom is 0.339 e. The van der Waals surface area contributed by atoms with E-state index in [0.717, 1.165) is 6.42 Å². The molecule has 14 heavy (non-hydrogen) atoms. The number of carboxylic acid groups (broad SMARTS) is 1. The number of pyridine rings is 1. The highest BCUT2D eigenvalue weighted by Gasteiger charge is 2.22. The summed E-state index contributed by atoms with van der Waals surface area (Å²) in [6.45, 7) is 0.592. The molecule has 0 radical (unpaired) electrons. The van der Waals surface area contributed by atoms with E-state index in [2.05, 4.69) is 0 Å². The van der Waals surface area contributed by atoms with Gasteiger partial charge < -0.3 is 15.4 Å². The van der Waals surface area contributed by atoms with Crippen molar-refractivity contribution in [1.29, 1.82) is 0 Å². The fraction of sp³-hybridized carbons (Fsp3) is 0.333. The third-order valence-electron chi connectivity index (χ3n) is 2.46. The largest absolute Gasteiger partial charge is 0.478 e. The van der Waals surface area contributed by atoms with Crippen LogP contribution in [-0.2, 0) is 13.0 Å². The number of fused-ring (bicyclic) bond motifs is 1. The quantitative estimate of drug-likeness (QED) is 0.662. The van der Waals surface area contributed by atoms with Crippen molar-refractivity contribution in [2.45, 2.75) is 19.4 Å². The predicted octanol–water partition coefficient (Wildman–Crippen LogP) is 0.0749. The average molecular weight is 194 g/mol. The standard InChI is InChI=1S/C9H10N2O3/c10-5-4-7(12)11-3-1-2-6(11)8(5)9(13)14/h4H,1-3,10H2,(H,13,14). The summed E-state index contributed by atoms with van der Waals surface area (Å²) in [4.78, 5) is 22.3. The molecule has 3 N–H and O–H groups in total. The Morgan fingerprint density at radius 2 is 2.29 bits per heavy atom. The van der Waals surface area contributed by atoms with Crippen molar-refractivity contribution in [3.8, 4) is 0 Å². The van der Waals surface area contributed by atoms with Gasteiger partial charge in [-0.1, -0.05) is 0 Å². The summed E-state index contributed by atoms with van der Waals surface area (Å²) in [5, 5.41) is 8.93. The molecule has 2 rings (SSSR count). The first kappa shape index (κ1) is 8.80. The van der Waals surface area contributed by atoms with E-state index in [4.69, 9.17) is 10.8 Å². The van der Waals surface area contributed by atoms with Crippen LogP contribution in [0.1, 0.15) is 22.5 Å². The molecule has 0 bridgehead atoms. The van der Waals surface area contributed by atoms with Crippen molar-refractivity contribution in [2.75, 3.05) is 5.73 Å². The SMILES string of the molecule is Nc1cc(=O)n2c(c1C(=O)O)CCC2. The second kappa shape index (κ2) is 2.87. The van der Waals surface area contributed by atoms with Gasteiger partial charge in [0, 0.05) is 18.3 Å². The molecule has 0 amide bonds. The molecule has 1 aliphatic rings. The fourth-order valence-corrected chi connectivity index (χ4v) is 1.87. The molecule has 1 aromatic heterocycles. The van der Waals surface area contributed by atoms with E-state index in [9.17, 15) is 9.59 Å². The fourth-order valence-electron chi connectivity index (χ4n) is 1.87. The van der Waals surface area contributed by atoms with Gasteiger partial charge in [0.1, 0.15) is 5.56 Å². The molecular weight excluding hydrogens is 184 g/mol. The summed E-state index contributed by atoms with van der Waals surface area (Å²) < 4.78 is 1.49. The Morgan fingerprint density at radius 1 is 1.57 bits per heavy atom. The lowest BCUT2D eigenvalue weighted by Gasteiger charge is -2.08. The molecule has 0 atom stereocenters. The number of nitrogens with zero attached hydrogens (tertiary/aromatic N) is 1. The predicted molar refractivity (Wildman–Crippen MR) is 50.4 cm³/mol. The summed E-state index contributed by atoms with van der Waals surface area (Å²) in [6.07, 6.45) is 1.42. The van der Waals surface area contributed by atoms with Gasteiger partial charge in [-0.25, -0.2) is 4.79 Å². The van der Waals surface area contributed by atoms with Crippen LogP contribution in [0.15, 0.2) is 10.9 Å². The third kappa shape index (κ3) is 1.09. The van der Waals surface area contributed by atoms with Crippen molar-refractivity contribution in [2.24, 2.45) is 0 Å². The molecule has 0 spiro atoms. The number of aromatic nitrogens is 1. The maximum absolute atomic E-state index is 11.4. The van der Waals surface area contributed by atoms with Gasteiger partial charge in [-0.05, 0) is 12.8 Å². The highest BCUT2D eigenvalue weighted by molar-refractivity contribution is 5.94. The zero-order valence-electron chi connectivity index (χ0n) is 7.49. The van der Waals surface area contributed by atoms with Crippen molar-refractivity contribution < 1.29 is 9.90 Å². The molecule has 1 aromatic rings. The second-order valence-corrected chi connectivity index (χ2v) is 3.32. The van der Waals surface area contributed by atoms with Crippen molar-refractivity contribution >= 4 is 11.7 Å². The maximum atomic E-state index is 11.4. The first-order valence-corrected chi connectivity index (χ1v) is 4.36. The highest BCUT2D eigenvalue weighted by atomic mass is 16.4. The zero-order chi connectivity index (χ0) is 10.3. The first-order chi connectivity index (χ1) is 6.61. The van der Waals surface area contributed by atoms with Crippen LogP contribution in [-0.4, -0.2) is 15.6 Å². The van der Waals surface area contributed by atoms with Gasteiger partial charge in [0.15, 0.2) is 0 Å². The minimum Gasteiger partial charge on any atom is -0.478 e. The number of rotatable bonds is 1. The van der Waals surface area contributed by atoms with Crippen LogP contribution in [0.5, 0.6) is 0 Å². The van der Waals surface area contributed by atoms with E-state index in [1.807, 2.05) is 0 Å². The monoisotopic (exact) mass is 194 g/mol. The lowest BCUT2D eigenvalue weighted by Crippen LogP contribution is -2.23. The molecule has 0 saturated heterocycles. The molecule has 2 heterocycles. The van der Waals surface area contributed by atoms with Crippen LogP contribution < -0.4 is 11.3 Å². The number of anilines is 1. The lowest BCUT2D eigenvalue weighted by atomic mass is 10.1. The molecule has 5 heteroatoms. The van der Waals surface area contributed by atoms with Crippen molar-refractivity contribution in [3.05, 3.63) is 27.7 Å². The molecular formula is C9H10N2O3. The number of nitrogen functional groups attached to an aromatic ring is 1. The number of aromatic carboxylic acids is 1. The van der Waals surface area contributed by atoms with E-state index in [-0.39, 0.29) is 16.8 Å². The normalized spacial score (nSPS) is 14.0. The zero-order valence-corrected chi connectivity index (χ0v) is 7.49. The summed E-state index contributed by atoms with van der Waals surface area (Å²) in [6, 6.07) is 1.18. The van der Waals surface area contributed by atoms with E-state index < -0.39 is 5.97 Å². The van der Waals surface area contributed by atoms with Crippen LogP contribution in [0.4, 0.5) is 5.69 Å². The number of hydrogen-bond acceptors (Lipinski definition) is 3. The Hall–Kier alpha value is -1.78. The second-order valence-electron chi connectivity index (χ2n) is 3.32. The Bertz CT molecular complexity index is 462. The third-order valence-corrected chi connectivity index (χ3v) is 2.46. The molecule has 1 aliphatic heterocycles. The summed E-state index contributed by atoms with van der Waals surface area (Å²) in [7, 11) is 0. The molecule has 0 unspecified atom stereocenters. The van der Waals surface area contributed by atoms with Crippen molar-refractivity contribution in [3.63, 3.8) is 0 Å². The lowest BCUT2D eigenvalue weighted by molar-refractivity contribution is 0.0696. The van der Waals surface area contributed by atoms with Crippen LogP contribution in [0.2, 0.25) is 0 Å². The summed E-state index contributed by atoms with van der Waals surface area (Å²) >= 11 is 0.